The molecule has 238 valence electrons. The van der Waals surface area contributed by atoms with E-state index in [1.807, 2.05) is 10.8 Å². The number of allylic oxidation sites excluding steroid dienone is 4. The number of ketones is 4. The fourth-order valence-electron chi connectivity index (χ4n) is 4.63. The lowest BCUT2D eigenvalue weighted by atomic mass is 10.0. The number of nitrogens with one attached hydrogen (secondary N) is 2. The van der Waals surface area contributed by atoms with Gasteiger partial charge in [0.15, 0.2) is 11.6 Å². The molecule has 16 heteroatoms. The Morgan fingerprint density at radius 2 is 1.37 bits per heavy atom. The minimum atomic E-state index is -3.71. The molecule has 46 heavy (non-hydrogen) atoms. The van der Waals surface area contributed by atoms with Gasteiger partial charge >= 0.3 is 0 Å². The lowest BCUT2D eigenvalue weighted by Gasteiger charge is -2.13. The summed E-state index contributed by atoms with van der Waals surface area (Å²) in [6.07, 6.45) is 9.42. The first-order valence-electron chi connectivity index (χ1n) is 14.0. The zero-order valence-electron chi connectivity index (χ0n) is 24.8. The van der Waals surface area contributed by atoms with Crippen LogP contribution in [-0.2, 0) is 23.0 Å². The minimum Gasteiger partial charge on any atom is -0.382 e. The van der Waals surface area contributed by atoms with Crippen LogP contribution in [0.5, 0.6) is 0 Å². The zero-order valence-corrected chi connectivity index (χ0v) is 27.2. The van der Waals surface area contributed by atoms with E-state index in [9.17, 15) is 27.6 Å². The zero-order chi connectivity index (χ0) is 33.0. The van der Waals surface area contributed by atoms with E-state index >= 15 is 0 Å². The summed E-state index contributed by atoms with van der Waals surface area (Å²) in [6.45, 7) is 5.38. The number of aryl methyl sites for hydroxylation is 3. The van der Waals surface area contributed by atoms with E-state index in [0.717, 1.165) is 23.5 Å². The SMILES string of the molecule is Cc1nc2c(s1)C(=O)C=C(NCCCn1ccnc1)C2=O.Cc1nc2c(s1)C(=O)C=C(NCCc1ccc(S(N)(=O)=O)cc1)C2=O. The molecule has 0 saturated carbocycles. The Morgan fingerprint density at radius 3 is 1.87 bits per heavy atom. The third-order valence-electron chi connectivity index (χ3n) is 6.83. The van der Waals surface area contributed by atoms with Gasteiger partial charge < -0.3 is 15.2 Å². The van der Waals surface area contributed by atoms with E-state index in [1.54, 1.807) is 38.5 Å². The van der Waals surface area contributed by atoms with Crippen LogP contribution in [0, 0.1) is 13.8 Å². The highest BCUT2D eigenvalue weighted by atomic mass is 32.2. The molecule has 0 spiro atoms. The number of hydrogen-bond acceptors (Lipinski definition) is 13. The van der Waals surface area contributed by atoms with Crippen LogP contribution in [0.15, 0.2) is 71.4 Å². The van der Waals surface area contributed by atoms with Gasteiger partial charge in [-0.1, -0.05) is 12.1 Å². The Balaban J connectivity index is 0.000000184. The molecule has 4 aromatic rings. The molecule has 0 unspecified atom stereocenters. The number of carbonyl (C=O) groups excluding carboxylic acids is 4. The second-order valence-electron chi connectivity index (χ2n) is 10.3. The molecule has 2 aliphatic carbocycles. The van der Waals surface area contributed by atoms with E-state index in [2.05, 4.69) is 25.6 Å². The Hall–Kier alpha value is -4.64. The molecule has 0 atom stereocenters. The van der Waals surface area contributed by atoms with Crippen molar-refractivity contribution in [3.8, 4) is 0 Å². The lowest BCUT2D eigenvalue weighted by molar-refractivity contribution is 0.0977. The molecular weight excluding hydrogens is 651 g/mol. The molecule has 6 rings (SSSR count). The molecule has 0 saturated heterocycles. The number of benzene rings is 1. The van der Waals surface area contributed by atoms with Gasteiger partial charge in [-0.25, -0.2) is 28.5 Å². The summed E-state index contributed by atoms with van der Waals surface area (Å²) in [5, 5.41) is 12.5. The second-order valence-corrected chi connectivity index (χ2v) is 14.2. The molecule has 3 heterocycles. The molecular formula is C30H29N7O6S3. The Kier molecular flexibility index (Phi) is 9.81. The maximum absolute atomic E-state index is 12.4. The molecule has 3 aromatic heterocycles. The van der Waals surface area contributed by atoms with Crippen molar-refractivity contribution >= 4 is 55.8 Å². The van der Waals surface area contributed by atoms with Crippen molar-refractivity contribution < 1.29 is 27.6 Å². The molecule has 0 fully saturated rings. The number of thiazole rings is 2. The molecule has 0 amide bonds. The van der Waals surface area contributed by atoms with Gasteiger partial charge in [-0.3, -0.25) is 19.2 Å². The van der Waals surface area contributed by atoms with Crippen LogP contribution >= 0.6 is 22.7 Å². The van der Waals surface area contributed by atoms with E-state index in [0.29, 0.717) is 40.0 Å². The first-order valence-corrected chi connectivity index (χ1v) is 17.2. The number of nitrogens with two attached hydrogens (primary N) is 1. The molecule has 13 nitrogen and oxygen atoms in total. The van der Waals surface area contributed by atoms with Crippen molar-refractivity contribution in [2.24, 2.45) is 5.14 Å². The number of aromatic nitrogens is 4. The standard InChI is InChI=1S/C16H15N3O4S2.C14H14N4O2S/c1-9-19-14-15(21)12(8-13(20)16(14)24-9)18-7-6-10-2-4-11(5-3-10)25(17,22)23;1-9-17-12-13(20)10(7-11(19)14(12)21-9)16-3-2-5-18-6-4-15-8-18/h2-5,8,18H,6-7H2,1H3,(H2,17,22,23);4,6-8,16H,2-3,5H2,1H3. The topological polar surface area (TPSA) is 196 Å². The maximum Gasteiger partial charge on any atom is 0.238 e. The Morgan fingerprint density at radius 1 is 0.826 bits per heavy atom. The predicted octanol–water partition coefficient (Wildman–Crippen LogP) is 2.78. The number of Topliss-reactive ketones (excluding diaryl/α,β-unsaturated/α-hetero) is 2. The second kappa shape index (κ2) is 13.8. The summed E-state index contributed by atoms with van der Waals surface area (Å²) in [6, 6.07) is 6.18. The number of rotatable bonds is 10. The first-order chi connectivity index (χ1) is 21.9. The molecule has 2 aliphatic rings. The number of carbonyl (C=O) groups is 4. The van der Waals surface area contributed by atoms with Crippen LogP contribution < -0.4 is 15.8 Å². The molecule has 0 radical (unpaired) electrons. The van der Waals surface area contributed by atoms with Gasteiger partial charge in [0, 0.05) is 44.2 Å². The average Bonchev–Trinajstić information content (AvgIpc) is 3.77. The number of sulfonamides is 1. The van der Waals surface area contributed by atoms with Gasteiger partial charge in [-0.15, -0.1) is 22.7 Å². The smallest absolute Gasteiger partial charge is 0.238 e. The summed E-state index contributed by atoms with van der Waals surface area (Å²) in [4.78, 5) is 61.7. The summed E-state index contributed by atoms with van der Waals surface area (Å²) >= 11 is 2.48. The highest BCUT2D eigenvalue weighted by molar-refractivity contribution is 7.89. The number of hydrogen-bond donors (Lipinski definition) is 3. The fraction of sp³-hybridized carbons (Fsp3) is 0.233. The van der Waals surface area contributed by atoms with Crippen LogP contribution in [0.4, 0.5) is 0 Å². The minimum absolute atomic E-state index is 0.0476. The third-order valence-corrected chi connectivity index (χ3v) is 9.73. The van der Waals surface area contributed by atoms with Crippen molar-refractivity contribution in [1.82, 2.24) is 30.2 Å². The van der Waals surface area contributed by atoms with Gasteiger partial charge in [-0.05, 0) is 44.4 Å². The first kappa shape index (κ1) is 32.7. The summed E-state index contributed by atoms with van der Waals surface area (Å²) in [7, 11) is -3.71. The average molecular weight is 680 g/mol. The number of primary sulfonamides is 1. The molecule has 0 aliphatic heterocycles. The van der Waals surface area contributed by atoms with Crippen LogP contribution in [0.3, 0.4) is 0 Å². The van der Waals surface area contributed by atoms with E-state index in [-0.39, 0.29) is 45.1 Å². The quantitative estimate of drug-likeness (QED) is 0.209. The normalized spacial score (nSPS) is 14.2. The fourth-order valence-corrected chi connectivity index (χ4v) is 6.80. The lowest BCUT2D eigenvalue weighted by Crippen LogP contribution is -2.27. The van der Waals surface area contributed by atoms with Gasteiger partial charge in [0.2, 0.25) is 21.6 Å². The van der Waals surface area contributed by atoms with Crippen molar-refractivity contribution in [3.05, 3.63) is 103 Å². The van der Waals surface area contributed by atoms with Crippen molar-refractivity contribution in [3.63, 3.8) is 0 Å². The van der Waals surface area contributed by atoms with Crippen LogP contribution in [0.2, 0.25) is 0 Å². The highest BCUT2D eigenvalue weighted by Crippen LogP contribution is 2.26. The Labute approximate surface area is 272 Å². The van der Waals surface area contributed by atoms with Gasteiger partial charge in [-0.2, -0.15) is 0 Å². The summed E-state index contributed by atoms with van der Waals surface area (Å²) < 4.78 is 24.4. The Bertz CT molecular complexity index is 1990. The van der Waals surface area contributed by atoms with Crippen LogP contribution in [0.1, 0.15) is 62.3 Å². The largest absolute Gasteiger partial charge is 0.382 e. The van der Waals surface area contributed by atoms with Gasteiger partial charge in [0.05, 0.1) is 32.6 Å². The van der Waals surface area contributed by atoms with Crippen LogP contribution in [-0.4, -0.2) is 64.2 Å². The third kappa shape index (κ3) is 7.59. The highest BCUT2D eigenvalue weighted by Gasteiger charge is 2.30. The van der Waals surface area contributed by atoms with E-state index in [1.165, 1.54) is 47.0 Å². The van der Waals surface area contributed by atoms with Gasteiger partial charge in [0.25, 0.3) is 0 Å². The molecule has 0 bridgehead atoms. The van der Waals surface area contributed by atoms with Crippen molar-refractivity contribution in [1.29, 1.82) is 0 Å². The molecule has 4 N–H and O–H groups in total. The monoisotopic (exact) mass is 679 g/mol. The van der Waals surface area contributed by atoms with Crippen molar-refractivity contribution in [2.45, 2.75) is 38.1 Å². The van der Waals surface area contributed by atoms with Gasteiger partial charge in [0.1, 0.15) is 21.1 Å². The number of nitrogens with zero attached hydrogens (tertiary/aromatic N) is 4. The number of imidazole rings is 1. The summed E-state index contributed by atoms with van der Waals surface area (Å²) in [5.74, 6) is -0.854. The van der Waals surface area contributed by atoms with Crippen molar-refractivity contribution in [2.75, 3.05) is 13.1 Å². The predicted molar refractivity (Wildman–Crippen MR) is 172 cm³/mol. The number of fused-ring (bicyclic) bond motifs is 2. The van der Waals surface area contributed by atoms with E-state index in [4.69, 9.17) is 5.14 Å². The summed E-state index contributed by atoms with van der Waals surface area (Å²) in [5.41, 5.74) is 1.92. The van der Waals surface area contributed by atoms with Crippen LogP contribution in [0.25, 0.3) is 0 Å². The maximum atomic E-state index is 12.4. The molecule has 1 aromatic carbocycles. The van der Waals surface area contributed by atoms with E-state index < -0.39 is 10.0 Å².